The van der Waals surface area contributed by atoms with Crippen LogP contribution in [0.3, 0.4) is 0 Å². The zero-order valence-corrected chi connectivity index (χ0v) is 11.8. The van der Waals surface area contributed by atoms with Gasteiger partial charge < -0.3 is 10.5 Å². The molecule has 1 unspecified atom stereocenters. The van der Waals surface area contributed by atoms with Crippen molar-refractivity contribution in [3.8, 4) is 0 Å². The van der Waals surface area contributed by atoms with Crippen molar-refractivity contribution >= 4 is 6.29 Å². The summed E-state index contributed by atoms with van der Waals surface area (Å²) in [6.45, 7) is 2.21. The summed E-state index contributed by atoms with van der Waals surface area (Å²) in [4.78, 5) is 10.8. The topological polar surface area (TPSA) is 43.1 Å². The maximum Gasteiger partial charge on any atom is 0.123 e. The monoisotopic (exact) mass is 251 g/mol. The number of hydrogen-bond acceptors (Lipinski definition) is 2. The predicted octanol–water partition coefficient (Wildman–Crippen LogP) is 3.54. The van der Waals surface area contributed by atoms with Gasteiger partial charge in [0, 0.05) is 12.0 Å². The van der Waals surface area contributed by atoms with E-state index >= 15 is 0 Å². The van der Waals surface area contributed by atoms with E-state index in [0.717, 1.165) is 37.0 Å². The lowest BCUT2D eigenvalue weighted by molar-refractivity contribution is -0.112. The lowest BCUT2D eigenvalue weighted by Gasteiger charge is -2.38. The van der Waals surface area contributed by atoms with Crippen LogP contribution in [0.1, 0.15) is 64.7 Å². The fraction of sp³-hybridized carbons (Fsp3) is 0.938. The van der Waals surface area contributed by atoms with E-state index in [4.69, 9.17) is 5.73 Å². The van der Waals surface area contributed by atoms with Crippen molar-refractivity contribution in [2.24, 2.45) is 29.4 Å². The van der Waals surface area contributed by atoms with Crippen LogP contribution in [0.4, 0.5) is 0 Å². The summed E-state index contributed by atoms with van der Waals surface area (Å²) >= 11 is 0. The molecule has 0 amide bonds. The molecule has 0 bridgehead atoms. The second-order valence-electron chi connectivity index (χ2n) is 6.56. The maximum absolute atomic E-state index is 10.8. The van der Waals surface area contributed by atoms with Gasteiger partial charge in [0.05, 0.1) is 0 Å². The molecular formula is C16H29NO. The van der Waals surface area contributed by atoms with Crippen molar-refractivity contribution in [3.05, 3.63) is 0 Å². The minimum Gasteiger partial charge on any atom is -0.327 e. The average molecular weight is 251 g/mol. The molecule has 0 saturated heterocycles. The molecule has 2 heteroatoms. The molecule has 1 atom stereocenters. The van der Waals surface area contributed by atoms with Gasteiger partial charge in [-0.3, -0.25) is 0 Å². The Balaban J connectivity index is 1.75. The first-order valence-electron chi connectivity index (χ1n) is 7.95. The number of rotatable bonds is 4. The van der Waals surface area contributed by atoms with Crippen LogP contribution in [-0.4, -0.2) is 12.3 Å². The van der Waals surface area contributed by atoms with Crippen LogP contribution >= 0.6 is 0 Å². The largest absolute Gasteiger partial charge is 0.327 e. The normalized spacial score (nSPS) is 39.2. The van der Waals surface area contributed by atoms with Gasteiger partial charge in [0.1, 0.15) is 6.29 Å². The highest BCUT2D eigenvalue weighted by molar-refractivity contribution is 5.53. The molecule has 0 aromatic carbocycles. The molecule has 2 fully saturated rings. The molecule has 2 nitrogen and oxygen atoms in total. The molecule has 18 heavy (non-hydrogen) atoms. The number of carbonyl (C=O) groups excluding carboxylic acids is 1. The summed E-state index contributed by atoms with van der Waals surface area (Å²) in [7, 11) is 0. The van der Waals surface area contributed by atoms with Gasteiger partial charge in [-0.15, -0.1) is 0 Å². The first-order valence-corrected chi connectivity index (χ1v) is 7.95. The minimum atomic E-state index is 0.367. The van der Waals surface area contributed by atoms with Gasteiger partial charge in [0.25, 0.3) is 0 Å². The molecule has 0 aliphatic heterocycles. The van der Waals surface area contributed by atoms with Crippen LogP contribution in [-0.2, 0) is 4.79 Å². The summed E-state index contributed by atoms with van der Waals surface area (Å²) in [5.41, 5.74) is 6.17. The molecule has 2 N–H and O–H groups in total. The van der Waals surface area contributed by atoms with E-state index in [-0.39, 0.29) is 0 Å². The minimum absolute atomic E-state index is 0.367. The second kappa shape index (κ2) is 6.70. The Kier molecular flexibility index (Phi) is 5.23. The van der Waals surface area contributed by atoms with E-state index in [1.165, 1.54) is 44.8 Å². The third kappa shape index (κ3) is 3.34. The molecule has 0 aromatic rings. The molecule has 0 spiro atoms. The molecule has 0 heterocycles. The van der Waals surface area contributed by atoms with Crippen LogP contribution in [0.25, 0.3) is 0 Å². The fourth-order valence-electron chi connectivity index (χ4n) is 4.13. The highest BCUT2D eigenvalue weighted by atomic mass is 16.1. The van der Waals surface area contributed by atoms with Crippen molar-refractivity contribution in [2.45, 2.75) is 70.8 Å². The van der Waals surface area contributed by atoms with Crippen LogP contribution in [0, 0.1) is 23.7 Å². The quantitative estimate of drug-likeness (QED) is 0.777. The molecular weight excluding hydrogens is 222 g/mol. The molecule has 2 rings (SSSR count). The van der Waals surface area contributed by atoms with E-state index in [0.29, 0.717) is 12.0 Å². The standard InChI is InChI=1S/C16H29NO/c1-2-16(17)15-9-7-14(8-10-15)13-5-3-12(11-18)4-6-13/h11-16H,2-10,17H2,1H3. The third-order valence-electron chi connectivity index (χ3n) is 5.57. The van der Waals surface area contributed by atoms with Crippen LogP contribution in [0.5, 0.6) is 0 Å². The van der Waals surface area contributed by atoms with Crippen molar-refractivity contribution in [3.63, 3.8) is 0 Å². The first-order chi connectivity index (χ1) is 8.74. The Morgan fingerprint density at radius 2 is 1.50 bits per heavy atom. The van der Waals surface area contributed by atoms with E-state index in [2.05, 4.69) is 6.92 Å². The highest BCUT2D eigenvalue weighted by Crippen LogP contribution is 2.41. The lowest BCUT2D eigenvalue weighted by Crippen LogP contribution is -2.34. The van der Waals surface area contributed by atoms with Crippen molar-refractivity contribution in [1.29, 1.82) is 0 Å². The summed E-state index contributed by atoms with van der Waals surface area (Å²) in [5.74, 6) is 2.97. The number of nitrogens with two attached hydrogens (primary N) is 1. The Bertz CT molecular complexity index is 250. The second-order valence-corrected chi connectivity index (χ2v) is 6.56. The van der Waals surface area contributed by atoms with Crippen molar-refractivity contribution < 1.29 is 4.79 Å². The van der Waals surface area contributed by atoms with Gasteiger partial charge in [0.15, 0.2) is 0 Å². The Morgan fingerprint density at radius 3 is 1.94 bits per heavy atom. The zero-order chi connectivity index (χ0) is 13.0. The highest BCUT2D eigenvalue weighted by Gasteiger charge is 2.31. The van der Waals surface area contributed by atoms with Gasteiger partial charge >= 0.3 is 0 Å². The summed E-state index contributed by atoms with van der Waals surface area (Å²) in [5, 5.41) is 0. The van der Waals surface area contributed by atoms with Crippen LogP contribution < -0.4 is 5.73 Å². The van der Waals surface area contributed by atoms with E-state index < -0.39 is 0 Å². The average Bonchev–Trinajstić information content (AvgIpc) is 2.47. The third-order valence-corrected chi connectivity index (χ3v) is 5.57. The molecule has 2 aliphatic carbocycles. The van der Waals surface area contributed by atoms with Crippen molar-refractivity contribution in [2.75, 3.05) is 0 Å². The van der Waals surface area contributed by atoms with E-state index in [9.17, 15) is 4.79 Å². The maximum atomic E-state index is 10.8. The summed E-state index contributed by atoms with van der Waals surface area (Å²) < 4.78 is 0. The van der Waals surface area contributed by atoms with E-state index in [1.807, 2.05) is 0 Å². The molecule has 104 valence electrons. The Morgan fingerprint density at radius 1 is 1.00 bits per heavy atom. The van der Waals surface area contributed by atoms with Gasteiger partial charge in [-0.05, 0) is 75.5 Å². The molecule has 0 radical (unpaired) electrons. The molecule has 2 aliphatic rings. The van der Waals surface area contributed by atoms with Crippen LogP contribution in [0.2, 0.25) is 0 Å². The molecule has 2 saturated carbocycles. The Hall–Kier alpha value is -0.370. The van der Waals surface area contributed by atoms with Crippen LogP contribution in [0.15, 0.2) is 0 Å². The number of aldehydes is 1. The van der Waals surface area contributed by atoms with Gasteiger partial charge in [-0.2, -0.15) is 0 Å². The summed E-state index contributed by atoms with van der Waals surface area (Å²) in [6, 6.07) is 0.428. The fourth-order valence-corrected chi connectivity index (χ4v) is 4.13. The van der Waals surface area contributed by atoms with Gasteiger partial charge in [-0.25, -0.2) is 0 Å². The smallest absolute Gasteiger partial charge is 0.123 e. The van der Waals surface area contributed by atoms with Gasteiger partial charge in [0.2, 0.25) is 0 Å². The van der Waals surface area contributed by atoms with E-state index in [1.54, 1.807) is 0 Å². The summed E-state index contributed by atoms with van der Waals surface area (Å²) in [6.07, 6.45) is 12.6. The number of hydrogen-bond donors (Lipinski definition) is 1. The first kappa shape index (κ1) is 14.0. The number of carbonyl (C=O) groups is 1. The SMILES string of the molecule is CCC(N)C1CCC(C2CCC(C=O)CC2)CC1. The van der Waals surface area contributed by atoms with Crippen molar-refractivity contribution in [1.82, 2.24) is 0 Å². The Labute approximate surface area is 112 Å². The van der Waals surface area contributed by atoms with Gasteiger partial charge in [-0.1, -0.05) is 6.92 Å². The predicted molar refractivity (Wildman–Crippen MR) is 75.2 cm³/mol. The molecule has 0 aromatic heterocycles. The lowest BCUT2D eigenvalue weighted by atomic mass is 9.68. The zero-order valence-electron chi connectivity index (χ0n) is 11.8.